The maximum atomic E-state index is 13.5. The van der Waals surface area contributed by atoms with Crippen molar-refractivity contribution in [1.82, 2.24) is 39.0 Å². The van der Waals surface area contributed by atoms with Crippen molar-refractivity contribution in [1.29, 1.82) is 0 Å². The topological polar surface area (TPSA) is 138 Å². The Bertz CT molecular complexity index is 2730. The van der Waals surface area contributed by atoms with Crippen molar-refractivity contribution in [3.8, 4) is 51.3 Å². The Hall–Kier alpha value is -7.19. The zero-order chi connectivity index (χ0) is 38.2. The Morgan fingerprint density at radius 3 is 2.44 bits per heavy atom. The van der Waals surface area contributed by atoms with Gasteiger partial charge in [0.2, 0.25) is 11.6 Å². The molecule has 3 aromatic carbocycles. The van der Waals surface area contributed by atoms with Gasteiger partial charge in [-0.1, -0.05) is 24.3 Å². The summed E-state index contributed by atoms with van der Waals surface area (Å²) in [5, 5.41) is 7.73. The van der Waals surface area contributed by atoms with Crippen molar-refractivity contribution in [3.63, 3.8) is 0 Å². The van der Waals surface area contributed by atoms with Crippen LogP contribution in [0.2, 0.25) is 0 Å². The van der Waals surface area contributed by atoms with E-state index >= 15 is 0 Å². The minimum atomic E-state index is -0.602. The lowest BCUT2D eigenvalue weighted by molar-refractivity contribution is 0.102. The van der Waals surface area contributed by atoms with Crippen LogP contribution >= 0.6 is 0 Å². The molecule has 13 nitrogen and oxygen atoms in total. The van der Waals surface area contributed by atoms with Crippen LogP contribution in [-0.2, 0) is 20.6 Å². The number of aromatic nitrogens is 7. The molecule has 0 aliphatic heterocycles. The number of carbonyl (C=O) groups is 1. The zero-order valence-electron chi connectivity index (χ0n) is 30.3. The molecule has 0 saturated carbocycles. The van der Waals surface area contributed by atoms with Crippen molar-refractivity contribution < 1.29 is 18.3 Å². The fourth-order valence-electron chi connectivity index (χ4n) is 6.37. The SMILES string of the molecule is CN(C)Cc1cccc(-c2c(-c3cnn(C)c3)oc3nc(-c4ccccn4)nc(Oc4ccc(NC(=O)c5cn(C)n(-c6ccc(F)cc6)c5=O)cc4)c23)c1. The van der Waals surface area contributed by atoms with Gasteiger partial charge in [-0.3, -0.25) is 23.9 Å². The zero-order valence-corrected chi connectivity index (χ0v) is 30.3. The van der Waals surface area contributed by atoms with Crippen molar-refractivity contribution in [2.45, 2.75) is 6.54 Å². The van der Waals surface area contributed by atoms with Crippen LogP contribution in [0.1, 0.15) is 15.9 Å². The van der Waals surface area contributed by atoms with E-state index in [2.05, 4.69) is 32.4 Å². The number of ether oxygens (including phenoxy) is 1. The highest BCUT2D eigenvalue weighted by Crippen LogP contribution is 2.45. The molecule has 0 fully saturated rings. The van der Waals surface area contributed by atoms with E-state index in [0.717, 1.165) is 28.8 Å². The van der Waals surface area contributed by atoms with E-state index in [-0.39, 0.29) is 11.4 Å². The summed E-state index contributed by atoms with van der Waals surface area (Å²) in [6, 6.07) is 25.8. The smallest absolute Gasteiger partial charge is 0.284 e. The maximum absolute atomic E-state index is 13.5. The highest BCUT2D eigenvalue weighted by atomic mass is 19.1. The number of aryl methyl sites for hydroxylation is 2. The van der Waals surface area contributed by atoms with Crippen LogP contribution in [0.25, 0.3) is 50.8 Å². The number of fused-ring (bicyclic) bond motifs is 1. The lowest BCUT2D eigenvalue weighted by Crippen LogP contribution is -2.25. The Morgan fingerprint density at radius 2 is 1.73 bits per heavy atom. The van der Waals surface area contributed by atoms with Crippen LogP contribution in [0.4, 0.5) is 10.1 Å². The van der Waals surface area contributed by atoms with Gasteiger partial charge in [0.25, 0.3) is 11.5 Å². The highest BCUT2D eigenvalue weighted by molar-refractivity contribution is 6.04. The van der Waals surface area contributed by atoms with Gasteiger partial charge < -0.3 is 19.4 Å². The maximum Gasteiger partial charge on any atom is 0.284 e. The predicted molar refractivity (Wildman–Crippen MR) is 206 cm³/mol. The number of hydrogen-bond acceptors (Lipinski definition) is 9. The first-order chi connectivity index (χ1) is 26.6. The van der Waals surface area contributed by atoms with Crippen LogP contribution in [-0.4, -0.2) is 59.0 Å². The molecule has 0 bridgehead atoms. The predicted octanol–water partition coefficient (Wildman–Crippen LogP) is 7.09. The monoisotopic (exact) mass is 735 g/mol. The first-order valence-electron chi connectivity index (χ1n) is 17.2. The second kappa shape index (κ2) is 14.3. The number of nitrogens with one attached hydrogen (secondary N) is 1. The van der Waals surface area contributed by atoms with Crippen LogP contribution in [0.5, 0.6) is 11.6 Å². The molecule has 0 aliphatic rings. The standard InChI is InChI=1S/C41H34FN9O4/c1-48(2)22-25-8-7-9-26(20-25)34-35-39(46-37(33-10-5-6-19-43-33)47-40(35)55-36(34)27-21-44-49(3)23-27)54-31-17-13-29(14-18-31)45-38(52)32-24-50(4)51(41(32)53)30-15-11-28(42)12-16-30/h5-21,23-24H,22H2,1-4H3,(H,45,52). The van der Waals surface area contributed by atoms with Gasteiger partial charge in [0, 0.05) is 50.5 Å². The lowest BCUT2D eigenvalue weighted by atomic mass is 9.99. The van der Waals surface area contributed by atoms with Gasteiger partial charge in [-0.2, -0.15) is 15.1 Å². The number of furan rings is 1. The number of anilines is 1. The fourth-order valence-corrected chi connectivity index (χ4v) is 6.37. The van der Waals surface area contributed by atoms with Gasteiger partial charge in [0.15, 0.2) is 5.82 Å². The molecule has 1 N–H and O–H groups in total. The Labute approximate surface area is 313 Å². The molecule has 0 aliphatic carbocycles. The normalized spacial score (nSPS) is 11.4. The van der Waals surface area contributed by atoms with E-state index in [1.165, 1.54) is 39.8 Å². The Kier molecular flexibility index (Phi) is 9.08. The molecule has 0 saturated heterocycles. The number of pyridine rings is 1. The number of nitrogens with zero attached hydrogens (tertiary/aromatic N) is 8. The van der Waals surface area contributed by atoms with E-state index < -0.39 is 17.3 Å². The molecule has 5 heterocycles. The van der Waals surface area contributed by atoms with Crippen molar-refractivity contribution in [3.05, 3.63) is 143 Å². The minimum Gasteiger partial charge on any atom is -0.438 e. The van der Waals surface area contributed by atoms with Gasteiger partial charge in [0.1, 0.15) is 34.0 Å². The van der Waals surface area contributed by atoms with Crippen molar-refractivity contribution in [2.24, 2.45) is 14.1 Å². The van der Waals surface area contributed by atoms with Gasteiger partial charge in [0.05, 0.1) is 17.4 Å². The molecule has 55 heavy (non-hydrogen) atoms. The summed E-state index contributed by atoms with van der Waals surface area (Å²) in [6.07, 6.45) is 6.70. The lowest BCUT2D eigenvalue weighted by Gasteiger charge is -2.12. The summed E-state index contributed by atoms with van der Waals surface area (Å²) in [6.45, 7) is 0.729. The average Bonchev–Trinajstić information content (AvgIpc) is 3.87. The number of rotatable bonds is 10. The molecule has 0 radical (unpaired) electrons. The second-order valence-corrected chi connectivity index (χ2v) is 13.2. The summed E-state index contributed by atoms with van der Waals surface area (Å²) in [4.78, 5) is 42.8. The molecule has 274 valence electrons. The molecular weight excluding hydrogens is 702 g/mol. The van der Waals surface area contributed by atoms with E-state index in [4.69, 9.17) is 19.1 Å². The Morgan fingerprint density at radius 1 is 0.927 bits per heavy atom. The number of carbonyl (C=O) groups excluding carboxylic acids is 1. The first-order valence-corrected chi connectivity index (χ1v) is 17.2. The van der Waals surface area contributed by atoms with Crippen LogP contribution in [0, 0.1) is 5.82 Å². The molecular formula is C41H34FN9O4. The third-order valence-corrected chi connectivity index (χ3v) is 8.79. The first kappa shape index (κ1) is 34.9. The van der Waals surface area contributed by atoms with Gasteiger partial charge in [-0.05, 0) is 92.0 Å². The molecule has 1 amide bonds. The van der Waals surface area contributed by atoms with Gasteiger partial charge in [-0.25, -0.2) is 9.07 Å². The van der Waals surface area contributed by atoms with Crippen molar-refractivity contribution in [2.75, 3.05) is 19.4 Å². The van der Waals surface area contributed by atoms with Crippen LogP contribution in [0.15, 0.2) is 125 Å². The third-order valence-electron chi connectivity index (χ3n) is 8.79. The summed E-state index contributed by atoms with van der Waals surface area (Å²) in [7, 11) is 7.50. The number of hydrogen-bond donors (Lipinski definition) is 1. The largest absolute Gasteiger partial charge is 0.438 e. The summed E-state index contributed by atoms with van der Waals surface area (Å²) in [5.74, 6) is 0.481. The number of benzene rings is 3. The minimum absolute atomic E-state index is 0.0795. The summed E-state index contributed by atoms with van der Waals surface area (Å²) < 4.78 is 31.1. The van der Waals surface area contributed by atoms with E-state index in [1.54, 1.807) is 54.5 Å². The highest BCUT2D eigenvalue weighted by Gasteiger charge is 2.26. The average molecular weight is 736 g/mol. The van der Waals surface area contributed by atoms with E-state index in [0.29, 0.717) is 45.5 Å². The van der Waals surface area contributed by atoms with Crippen molar-refractivity contribution >= 4 is 22.7 Å². The molecule has 0 unspecified atom stereocenters. The Balaban J connectivity index is 1.17. The quantitative estimate of drug-likeness (QED) is 0.156. The number of halogens is 1. The van der Waals surface area contributed by atoms with Gasteiger partial charge in [-0.15, -0.1) is 0 Å². The van der Waals surface area contributed by atoms with E-state index in [1.807, 2.05) is 51.6 Å². The molecule has 8 aromatic rings. The van der Waals surface area contributed by atoms with Crippen LogP contribution < -0.4 is 15.6 Å². The van der Waals surface area contributed by atoms with Gasteiger partial charge >= 0.3 is 0 Å². The van der Waals surface area contributed by atoms with E-state index in [9.17, 15) is 14.0 Å². The number of amides is 1. The fraction of sp³-hybridized carbons (Fsp3) is 0.122. The molecule has 0 atom stereocenters. The second-order valence-electron chi connectivity index (χ2n) is 13.2. The molecule has 0 spiro atoms. The van der Waals surface area contributed by atoms with Crippen LogP contribution in [0.3, 0.4) is 0 Å². The summed E-state index contributed by atoms with van der Waals surface area (Å²) in [5.41, 5.74) is 4.53. The molecule has 14 heteroatoms. The molecule has 5 aromatic heterocycles. The summed E-state index contributed by atoms with van der Waals surface area (Å²) >= 11 is 0. The third kappa shape index (κ3) is 7.01. The molecule has 8 rings (SSSR count).